The molecule has 4 saturated carbocycles. The molecule has 4 heteroatoms. The van der Waals surface area contributed by atoms with Gasteiger partial charge in [-0.25, -0.2) is 0 Å². The molecule has 4 aliphatic rings. The zero-order valence-electron chi connectivity index (χ0n) is 17.3. The number of carbonyl (C=O) groups is 2. The van der Waals surface area contributed by atoms with Crippen molar-refractivity contribution in [1.29, 1.82) is 0 Å². The van der Waals surface area contributed by atoms with Crippen LogP contribution in [0.2, 0.25) is 0 Å². The van der Waals surface area contributed by atoms with Gasteiger partial charge in [-0.15, -0.1) is 0 Å². The largest absolute Gasteiger partial charge is 0.356 e. The Morgan fingerprint density at radius 2 is 1.64 bits per heavy atom. The monoisotopic (exact) mass is 382 g/mol. The first kappa shape index (κ1) is 19.5. The molecule has 0 saturated heterocycles. The summed E-state index contributed by atoms with van der Waals surface area (Å²) >= 11 is 0. The van der Waals surface area contributed by atoms with Crippen molar-refractivity contribution >= 4 is 17.5 Å². The lowest BCUT2D eigenvalue weighted by atomic mass is 9.49. The van der Waals surface area contributed by atoms with Gasteiger partial charge in [-0.05, 0) is 80.2 Å². The summed E-state index contributed by atoms with van der Waals surface area (Å²) < 4.78 is 0. The minimum Gasteiger partial charge on any atom is -0.356 e. The van der Waals surface area contributed by atoms with Crippen LogP contribution in [0.25, 0.3) is 0 Å². The Labute approximate surface area is 168 Å². The summed E-state index contributed by atoms with van der Waals surface area (Å²) in [5.74, 6) is 3.00. The molecule has 2 amide bonds. The standard InChI is InChI=1S/C24H34N2O2/c1-16(2)20-6-3-4-7-21(20)26-22(27)8-5-9-25-23(28)24-13-17-10-18(14-24)12-19(11-17)15-24/h3-4,6-7,16-19H,5,8-15H2,1-2H3,(H,25,28)(H,26,27). The van der Waals surface area contributed by atoms with Crippen molar-refractivity contribution < 1.29 is 9.59 Å². The second kappa shape index (κ2) is 7.88. The van der Waals surface area contributed by atoms with Gasteiger partial charge in [0.25, 0.3) is 0 Å². The van der Waals surface area contributed by atoms with Gasteiger partial charge in [0.05, 0.1) is 0 Å². The minimum atomic E-state index is -0.0901. The Morgan fingerprint density at radius 3 is 2.25 bits per heavy atom. The van der Waals surface area contributed by atoms with Crippen molar-refractivity contribution in [3.05, 3.63) is 29.8 Å². The first-order valence-corrected chi connectivity index (χ1v) is 11.1. The van der Waals surface area contributed by atoms with E-state index in [2.05, 4.69) is 30.5 Å². The second-order valence-electron chi connectivity index (χ2n) is 9.85. The maximum Gasteiger partial charge on any atom is 0.226 e. The quantitative estimate of drug-likeness (QED) is 0.662. The van der Waals surface area contributed by atoms with Gasteiger partial charge in [0.2, 0.25) is 11.8 Å². The van der Waals surface area contributed by atoms with Gasteiger partial charge in [0.15, 0.2) is 0 Å². The molecule has 28 heavy (non-hydrogen) atoms. The Hall–Kier alpha value is -1.84. The van der Waals surface area contributed by atoms with Gasteiger partial charge in [0.1, 0.15) is 0 Å². The van der Waals surface area contributed by atoms with Crippen LogP contribution in [0.5, 0.6) is 0 Å². The number of amides is 2. The molecule has 0 aromatic heterocycles. The lowest BCUT2D eigenvalue weighted by Crippen LogP contribution is -2.53. The predicted molar refractivity (Wildman–Crippen MR) is 112 cm³/mol. The van der Waals surface area contributed by atoms with Crippen LogP contribution in [-0.4, -0.2) is 18.4 Å². The van der Waals surface area contributed by atoms with Crippen molar-refractivity contribution in [1.82, 2.24) is 5.32 Å². The molecule has 4 aliphatic carbocycles. The van der Waals surface area contributed by atoms with Gasteiger partial charge in [-0.2, -0.15) is 0 Å². The van der Waals surface area contributed by atoms with E-state index in [-0.39, 0.29) is 17.2 Å². The fraction of sp³-hybridized carbons (Fsp3) is 0.667. The van der Waals surface area contributed by atoms with Gasteiger partial charge in [-0.3, -0.25) is 9.59 Å². The van der Waals surface area contributed by atoms with Crippen LogP contribution in [0.4, 0.5) is 5.69 Å². The summed E-state index contributed by atoms with van der Waals surface area (Å²) in [6.45, 7) is 4.86. The van der Waals surface area contributed by atoms with Crippen molar-refractivity contribution in [3.8, 4) is 0 Å². The number of rotatable bonds is 7. The number of para-hydroxylation sites is 1. The van der Waals surface area contributed by atoms with E-state index in [4.69, 9.17) is 0 Å². The smallest absolute Gasteiger partial charge is 0.226 e. The molecule has 0 radical (unpaired) electrons. The van der Waals surface area contributed by atoms with E-state index in [0.29, 0.717) is 25.3 Å². The van der Waals surface area contributed by atoms with Crippen LogP contribution in [0.1, 0.15) is 76.7 Å². The number of nitrogens with one attached hydrogen (secondary N) is 2. The van der Waals surface area contributed by atoms with E-state index in [1.807, 2.05) is 18.2 Å². The number of anilines is 1. The summed E-state index contributed by atoms with van der Waals surface area (Å²) in [5, 5.41) is 6.21. The van der Waals surface area contributed by atoms with Gasteiger partial charge >= 0.3 is 0 Å². The van der Waals surface area contributed by atoms with E-state index < -0.39 is 0 Å². The molecule has 152 valence electrons. The third-order valence-electron chi connectivity index (χ3n) is 7.24. The topological polar surface area (TPSA) is 58.2 Å². The fourth-order valence-electron chi connectivity index (χ4n) is 6.35. The van der Waals surface area contributed by atoms with E-state index in [9.17, 15) is 9.59 Å². The summed E-state index contributed by atoms with van der Waals surface area (Å²) in [5.41, 5.74) is 1.97. The van der Waals surface area contributed by atoms with E-state index in [0.717, 1.165) is 48.3 Å². The highest BCUT2D eigenvalue weighted by Gasteiger charge is 2.54. The Bertz CT molecular complexity index is 705. The van der Waals surface area contributed by atoms with Gasteiger partial charge in [-0.1, -0.05) is 32.0 Å². The number of benzene rings is 1. The van der Waals surface area contributed by atoms with Crippen LogP contribution in [-0.2, 0) is 9.59 Å². The fourth-order valence-corrected chi connectivity index (χ4v) is 6.35. The van der Waals surface area contributed by atoms with Crippen LogP contribution in [0.3, 0.4) is 0 Å². The first-order valence-electron chi connectivity index (χ1n) is 11.1. The molecule has 0 heterocycles. The van der Waals surface area contributed by atoms with Crippen molar-refractivity contribution in [2.24, 2.45) is 23.2 Å². The number of hydrogen-bond acceptors (Lipinski definition) is 2. The van der Waals surface area contributed by atoms with Gasteiger partial charge < -0.3 is 10.6 Å². The van der Waals surface area contributed by atoms with Crippen molar-refractivity contribution in [3.63, 3.8) is 0 Å². The summed E-state index contributed by atoms with van der Waals surface area (Å²) in [6, 6.07) is 7.98. The Kier molecular flexibility index (Phi) is 5.48. The highest BCUT2D eigenvalue weighted by atomic mass is 16.2. The molecular formula is C24H34N2O2. The summed E-state index contributed by atoms with van der Waals surface area (Å²) in [7, 11) is 0. The normalized spacial score (nSPS) is 30.5. The zero-order valence-corrected chi connectivity index (χ0v) is 17.3. The molecule has 4 fully saturated rings. The molecule has 4 nitrogen and oxygen atoms in total. The van der Waals surface area contributed by atoms with Crippen LogP contribution in [0.15, 0.2) is 24.3 Å². The molecule has 0 spiro atoms. The minimum absolute atomic E-state index is 0.0251. The lowest BCUT2D eigenvalue weighted by molar-refractivity contribution is -0.146. The van der Waals surface area contributed by atoms with Crippen LogP contribution < -0.4 is 10.6 Å². The number of hydrogen-bond donors (Lipinski definition) is 2. The molecule has 0 aliphatic heterocycles. The van der Waals surface area contributed by atoms with Crippen LogP contribution >= 0.6 is 0 Å². The third-order valence-corrected chi connectivity index (χ3v) is 7.24. The average molecular weight is 383 g/mol. The molecule has 0 atom stereocenters. The van der Waals surface area contributed by atoms with Crippen LogP contribution in [0, 0.1) is 23.2 Å². The molecule has 5 rings (SSSR count). The molecule has 1 aromatic rings. The van der Waals surface area contributed by atoms with E-state index >= 15 is 0 Å². The summed E-state index contributed by atoms with van der Waals surface area (Å²) in [4.78, 5) is 25.3. The average Bonchev–Trinajstić information content (AvgIpc) is 2.64. The summed E-state index contributed by atoms with van der Waals surface area (Å²) in [6.07, 6.45) is 8.47. The maximum atomic E-state index is 12.9. The molecule has 4 bridgehead atoms. The number of carbonyl (C=O) groups excluding carboxylic acids is 2. The zero-order chi connectivity index (χ0) is 19.7. The lowest BCUT2D eigenvalue weighted by Gasteiger charge is -2.55. The van der Waals surface area contributed by atoms with Crippen molar-refractivity contribution in [2.75, 3.05) is 11.9 Å². The highest BCUT2D eigenvalue weighted by Crippen LogP contribution is 2.60. The van der Waals surface area contributed by atoms with Crippen molar-refractivity contribution in [2.45, 2.75) is 71.1 Å². The third kappa shape index (κ3) is 3.97. The predicted octanol–water partition coefficient (Wildman–Crippen LogP) is 4.86. The SMILES string of the molecule is CC(C)c1ccccc1NC(=O)CCCNC(=O)C12CC3CC(CC(C3)C1)C2. The van der Waals surface area contributed by atoms with E-state index in [1.165, 1.54) is 19.3 Å². The van der Waals surface area contributed by atoms with Gasteiger partial charge in [0, 0.05) is 24.1 Å². The Morgan fingerprint density at radius 1 is 1.04 bits per heavy atom. The Balaban J connectivity index is 1.23. The highest BCUT2D eigenvalue weighted by molar-refractivity contribution is 5.91. The second-order valence-corrected chi connectivity index (χ2v) is 9.85. The molecule has 2 N–H and O–H groups in total. The molecule has 1 aromatic carbocycles. The molecule has 0 unspecified atom stereocenters. The first-order chi connectivity index (χ1) is 13.4. The van der Waals surface area contributed by atoms with E-state index in [1.54, 1.807) is 0 Å². The maximum absolute atomic E-state index is 12.9. The molecular weight excluding hydrogens is 348 g/mol.